The fourth-order valence-electron chi connectivity index (χ4n) is 8.70. The molecule has 3 saturated heterocycles. The van der Waals surface area contributed by atoms with E-state index in [1.807, 2.05) is 46.7 Å². The second-order valence-corrected chi connectivity index (χ2v) is 17.6. The maximum absolute atomic E-state index is 14.3. The number of methoxy groups -OCH3 is 3. The topological polar surface area (TPSA) is 206 Å². The summed E-state index contributed by atoms with van der Waals surface area (Å²) in [6.45, 7) is 17.8. The third kappa shape index (κ3) is 11.9. The molecule has 340 valence electrons. The van der Waals surface area contributed by atoms with Crippen LogP contribution in [0.1, 0.15) is 88.5 Å². The van der Waals surface area contributed by atoms with E-state index in [1.165, 1.54) is 21.0 Å². The average molecular weight is 837 g/mol. The third-order valence-electron chi connectivity index (χ3n) is 12.9. The Morgan fingerprint density at radius 3 is 2.07 bits per heavy atom. The van der Waals surface area contributed by atoms with Gasteiger partial charge in [-0.3, -0.25) is 4.79 Å². The molecule has 3 aliphatic heterocycles. The van der Waals surface area contributed by atoms with E-state index in [1.54, 1.807) is 41.9 Å². The molecule has 58 heavy (non-hydrogen) atoms. The van der Waals surface area contributed by atoms with Crippen LogP contribution in [0.25, 0.3) is 0 Å². The second-order valence-electron chi connectivity index (χ2n) is 17.6. The number of carbonyl (C=O) groups excluding carboxylic acids is 1. The van der Waals surface area contributed by atoms with E-state index in [-0.39, 0.29) is 38.4 Å². The molecule has 3 aliphatic rings. The first-order chi connectivity index (χ1) is 27.0. The van der Waals surface area contributed by atoms with Crippen molar-refractivity contribution >= 4 is 11.7 Å². The standard InChI is InChI=1S/C41H76N2O15/c1-22-19-40(9,51-15)36(58-38-32(44)29(43(11)12)18-23(2)54-38)25(4)33(57-30-20-39(8,50-14)35(46)27(6)55-30)26(5)37(47)56-28(7)41(10,48)34(45)24(3)31(22)42-53-21-52-17-16-49-13/h22-30,32-36,38,44-46,48H,16-21H2,1-15H3/b42-31+/t22-,23-,24+,25+,26-,27+,28-,29?,30-,32?,33+,34-,35?,36-,38+,39?,40-,41-/m1/s1. The molecule has 3 fully saturated rings. The van der Waals surface area contributed by atoms with Crippen LogP contribution in [0.3, 0.4) is 0 Å². The summed E-state index contributed by atoms with van der Waals surface area (Å²) >= 11 is 0. The number of likely N-dealkylation sites (N-methyl/N-ethyl adjacent to an activating group) is 1. The minimum absolute atomic E-state index is 0.126. The number of hydrogen-bond acceptors (Lipinski definition) is 17. The predicted octanol–water partition coefficient (Wildman–Crippen LogP) is 2.47. The van der Waals surface area contributed by atoms with E-state index in [0.29, 0.717) is 18.7 Å². The van der Waals surface area contributed by atoms with Crippen LogP contribution < -0.4 is 0 Å². The number of hydrogen-bond donors (Lipinski definition) is 4. The Kier molecular flexibility index (Phi) is 18.8. The van der Waals surface area contributed by atoms with Crippen molar-refractivity contribution < 1.29 is 72.7 Å². The van der Waals surface area contributed by atoms with Crippen molar-refractivity contribution in [3.8, 4) is 0 Å². The van der Waals surface area contributed by atoms with Crippen LogP contribution in [0.2, 0.25) is 0 Å². The highest BCUT2D eigenvalue weighted by molar-refractivity contribution is 5.88. The second kappa shape index (κ2) is 21.5. The molecule has 0 radical (unpaired) electrons. The van der Waals surface area contributed by atoms with E-state index in [2.05, 4.69) is 5.16 Å². The van der Waals surface area contributed by atoms with Crippen molar-refractivity contribution in [3.63, 3.8) is 0 Å². The molecule has 0 saturated carbocycles. The van der Waals surface area contributed by atoms with Gasteiger partial charge in [0.2, 0.25) is 6.79 Å². The lowest BCUT2D eigenvalue weighted by Crippen LogP contribution is -2.61. The van der Waals surface area contributed by atoms with E-state index in [0.717, 1.165) is 0 Å². The largest absolute Gasteiger partial charge is 0.459 e. The Morgan fingerprint density at radius 2 is 1.48 bits per heavy atom. The van der Waals surface area contributed by atoms with Crippen molar-refractivity contribution in [1.29, 1.82) is 0 Å². The molecule has 17 heteroatoms. The molecule has 0 spiro atoms. The van der Waals surface area contributed by atoms with Crippen LogP contribution in [0.5, 0.6) is 0 Å². The molecule has 3 rings (SSSR count). The van der Waals surface area contributed by atoms with Crippen molar-refractivity contribution in [1.82, 2.24) is 4.90 Å². The first-order valence-electron chi connectivity index (χ1n) is 20.6. The summed E-state index contributed by atoms with van der Waals surface area (Å²) in [5.41, 5.74) is -3.82. The number of oxime groups is 1. The lowest BCUT2D eigenvalue weighted by atomic mass is 9.73. The number of esters is 1. The highest BCUT2D eigenvalue weighted by Gasteiger charge is 2.53. The van der Waals surface area contributed by atoms with Gasteiger partial charge in [0, 0.05) is 51.5 Å². The summed E-state index contributed by atoms with van der Waals surface area (Å²) in [6, 6.07) is -0.287. The molecule has 3 heterocycles. The Labute approximate surface area is 345 Å². The van der Waals surface area contributed by atoms with Gasteiger partial charge in [0.1, 0.15) is 23.9 Å². The Morgan fingerprint density at radius 1 is 0.845 bits per heavy atom. The first kappa shape index (κ1) is 50.8. The monoisotopic (exact) mass is 837 g/mol. The number of cyclic esters (lactones) is 1. The summed E-state index contributed by atoms with van der Waals surface area (Å²) in [4.78, 5) is 21.8. The quantitative estimate of drug-likeness (QED) is 0.0911. The van der Waals surface area contributed by atoms with Crippen LogP contribution >= 0.6 is 0 Å². The molecular weight excluding hydrogens is 760 g/mol. The van der Waals surface area contributed by atoms with Gasteiger partial charge < -0.3 is 72.8 Å². The minimum atomic E-state index is -1.95. The van der Waals surface area contributed by atoms with Gasteiger partial charge in [-0.25, -0.2) is 0 Å². The van der Waals surface area contributed by atoms with Crippen molar-refractivity contribution in [2.24, 2.45) is 28.8 Å². The highest BCUT2D eigenvalue weighted by Crippen LogP contribution is 2.42. The van der Waals surface area contributed by atoms with Gasteiger partial charge in [-0.1, -0.05) is 25.9 Å². The Balaban J connectivity index is 2.23. The van der Waals surface area contributed by atoms with Crippen LogP contribution in [0.15, 0.2) is 5.16 Å². The summed E-state index contributed by atoms with van der Waals surface area (Å²) in [5.74, 6) is -3.74. The van der Waals surface area contributed by atoms with Gasteiger partial charge >= 0.3 is 5.97 Å². The number of carbonyl (C=O) groups is 1. The lowest BCUT2D eigenvalue weighted by molar-refractivity contribution is -0.319. The average Bonchev–Trinajstić information content (AvgIpc) is 3.16. The first-order valence-corrected chi connectivity index (χ1v) is 20.6. The number of aliphatic hydroxyl groups is 4. The van der Waals surface area contributed by atoms with Gasteiger partial charge in [-0.2, -0.15) is 0 Å². The van der Waals surface area contributed by atoms with E-state index >= 15 is 0 Å². The van der Waals surface area contributed by atoms with Gasteiger partial charge in [0.05, 0.1) is 66.6 Å². The summed E-state index contributed by atoms with van der Waals surface area (Å²) < 4.78 is 54.9. The molecular formula is C41H76N2O15. The molecule has 18 atom stereocenters. The maximum atomic E-state index is 14.3. The molecule has 4 unspecified atom stereocenters. The smallest absolute Gasteiger partial charge is 0.311 e. The predicted molar refractivity (Wildman–Crippen MR) is 213 cm³/mol. The number of ether oxygens (including phenoxy) is 9. The molecule has 17 nitrogen and oxygen atoms in total. The zero-order valence-electron chi connectivity index (χ0n) is 37.6. The van der Waals surface area contributed by atoms with Crippen molar-refractivity contribution in [3.05, 3.63) is 0 Å². The van der Waals surface area contributed by atoms with E-state index in [4.69, 9.17) is 47.5 Å². The summed E-state index contributed by atoms with van der Waals surface area (Å²) in [6.07, 6.45) is -8.74. The molecule has 0 amide bonds. The number of rotatable bonds is 13. The fourth-order valence-corrected chi connectivity index (χ4v) is 8.70. The molecule has 0 aliphatic carbocycles. The van der Waals surface area contributed by atoms with Crippen molar-refractivity contribution in [2.75, 3.05) is 55.4 Å². The molecule has 0 aromatic carbocycles. The van der Waals surface area contributed by atoms with Crippen molar-refractivity contribution in [2.45, 2.75) is 173 Å². The molecule has 4 N–H and O–H groups in total. The summed E-state index contributed by atoms with van der Waals surface area (Å²) in [5, 5.41) is 50.8. The maximum Gasteiger partial charge on any atom is 0.311 e. The molecule has 0 aromatic heterocycles. The normalized spacial score (nSPS) is 45.8. The third-order valence-corrected chi connectivity index (χ3v) is 12.9. The lowest BCUT2D eigenvalue weighted by Gasteiger charge is -2.50. The number of aliphatic hydroxyl groups excluding tert-OH is 3. The van der Waals surface area contributed by atoms with Crippen LogP contribution in [0.4, 0.5) is 0 Å². The zero-order valence-corrected chi connectivity index (χ0v) is 37.6. The fraction of sp³-hybridized carbons (Fsp3) is 0.951. The minimum Gasteiger partial charge on any atom is -0.459 e. The Hall–Kier alpha value is -1.58. The van der Waals surface area contributed by atoms with Crippen LogP contribution in [-0.4, -0.2) is 177 Å². The zero-order chi connectivity index (χ0) is 43.9. The van der Waals surface area contributed by atoms with E-state index in [9.17, 15) is 25.2 Å². The van der Waals surface area contributed by atoms with Gasteiger partial charge in [0.25, 0.3) is 0 Å². The molecule has 0 aromatic rings. The van der Waals surface area contributed by atoms with E-state index < -0.39 is 102 Å². The Bertz CT molecular complexity index is 1310. The van der Waals surface area contributed by atoms with Gasteiger partial charge in [-0.15, -0.1) is 0 Å². The molecule has 0 bridgehead atoms. The highest BCUT2D eigenvalue weighted by atomic mass is 16.7. The van der Waals surface area contributed by atoms with Crippen LogP contribution in [-0.2, 0) is 52.3 Å². The van der Waals surface area contributed by atoms with Gasteiger partial charge in [-0.05, 0) is 75.4 Å². The summed E-state index contributed by atoms with van der Waals surface area (Å²) in [7, 11) is 8.40. The SMILES string of the molecule is COCCOCO/N=C1\[C@H](C)C[C@@](C)(OC)[C@H](O[C@@H]2O[C@H](C)CC(N(C)C)C2O)[C@@H](C)[C@H](O[C@@H]2CC(C)(OC)C(O)[C@H](C)O2)[C@@H](C)C(=O)O[C@H](C)[C@@](C)(O)[C@H](O)[C@H]1C. The van der Waals surface area contributed by atoms with Gasteiger partial charge in [0.15, 0.2) is 12.6 Å². The number of nitrogens with zero attached hydrogens (tertiary/aromatic N) is 2. The van der Waals surface area contributed by atoms with Crippen LogP contribution in [0, 0.1) is 23.7 Å².